The first-order chi connectivity index (χ1) is 14.1. The molecule has 0 aromatic heterocycles. The fourth-order valence-corrected chi connectivity index (χ4v) is 4.68. The van der Waals surface area contributed by atoms with Crippen molar-refractivity contribution in [2.75, 3.05) is 13.2 Å². The molecule has 0 unspecified atom stereocenters. The van der Waals surface area contributed by atoms with Crippen LogP contribution in [0.3, 0.4) is 0 Å². The molecule has 1 heterocycles. The molecule has 0 saturated heterocycles. The Hall–Kier alpha value is -2.24. The fourth-order valence-electron chi connectivity index (χ4n) is 4.58. The summed E-state index contributed by atoms with van der Waals surface area (Å²) in [5.74, 6) is 0.517. The summed E-state index contributed by atoms with van der Waals surface area (Å²) in [6.45, 7) is 8.25. The van der Waals surface area contributed by atoms with Crippen molar-refractivity contribution in [3.8, 4) is 11.5 Å². The van der Waals surface area contributed by atoms with E-state index in [0.29, 0.717) is 42.7 Å². The molecule has 0 spiro atoms. The van der Waals surface area contributed by atoms with Gasteiger partial charge in [-0.05, 0) is 64.0 Å². The highest BCUT2D eigenvalue weighted by Crippen LogP contribution is 2.54. The number of ketones is 1. The molecule has 162 valence electrons. The summed E-state index contributed by atoms with van der Waals surface area (Å²) in [6.07, 6.45) is 2.28. The van der Waals surface area contributed by atoms with Gasteiger partial charge in [0.1, 0.15) is 22.9 Å². The number of rotatable bonds is 6. The number of isothiocyanates is 1. The molecule has 30 heavy (non-hydrogen) atoms. The number of Topliss-reactive ketones (excluding diaryl/α,β-unsaturated/α-hetero) is 1. The molecule has 1 saturated carbocycles. The van der Waals surface area contributed by atoms with E-state index < -0.39 is 17.0 Å². The minimum Gasteiger partial charge on any atom is -0.508 e. The standard InChI is InChI=1S/C23H29NO5S/c1-22(2,21(27)28-9-5-8-24-13-30)14-10-18(26)20-16-12-15(25)6-7-17(16)23(3,4)29-19(20)11-14/h10-11,16-17,26H,5-9,12H2,1-4H3/t16-,17-/m1/s1. The second kappa shape index (κ2) is 8.48. The predicted octanol–water partition coefficient (Wildman–Crippen LogP) is 4.33. The number of carbonyl (C=O) groups excluding carboxylic acids is 2. The maximum Gasteiger partial charge on any atom is 0.315 e. The number of ether oxygens (including phenoxy) is 2. The van der Waals surface area contributed by atoms with Crippen molar-refractivity contribution < 1.29 is 24.2 Å². The molecule has 3 rings (SSSR count). The van der Waals surface area contributed by atoms with Gasteiger partial charge in [0.2, 0.25) is 0 Å². The zero-order chi connectivity index (χ0) is 22.1. The van der Waals surface area contributed by atoms with Gasteiger partial charge in [-0.25, -0.2) is 4.99 Å². The number of phenolic OH excluding ortho intramolecular Hbond substituents is 1. The molecule has 0 bridgehead atoms. The average Bonchev–Trinajstić information content (AvgIpc) is 2.66. The summed E-state index contributed by atoms with van der Waals surface area (Å²) in [6, 6.07) is 3.41. The lowest BCUT2D eigenvalue weighted by atomic mass is 9.66. The third-order valence-electron chi connectivity index (χ3n) is 6.37. The zero-order valence-corrected chi connectivity index (χ0v) is 18.8. The topological polar surface area (TPSA) is 85.2 Å². The van der Waals surface area contributed by atoms with E-state index >= 15 is 0 Å². The van der Waals surface area contributed by atoms with Gasteiger partial charge in [-0.1, -0.05) is 0 Å². The molecule has 6 nitrogen and oxygen atoms in total. The highest BCUT2D eigenvalue weighted by Gasteiger charge is 2.48. The molecule has 0 amide bonds. The third kappa shape index (κ3) is 4.28. The molecule has 0 radical (unpaired) electrons. The SMILES string of the molecule is CC(C)(C(=O)OCCCN=C=S)c1cc(O)c2c(c1)OC(C)(C)[C@@H]1CCC(=O)C[C@@H]21. The molecule has 1 aliphatic carbocycles. The van der Waals surface area contributed by atoms with Gasteiger partial charge in [-0.15, -0.1) is 0 Å². The first kappa shape index (κ1) is 22.4. The van der Waals surface area contributed by atoms with Crippen LogP contribution in [-0.4, -0.2) is 40.8 Å². The molecule has 1 aromatic carbocycles. The Kier molecular flexibility index (Phi) is 6.34. The number of hydrogen-bond acceptors (Lipinski definition) is 7. The number of benzene rings is 1. The highest BCUT2D eigenvalue weighted by molar-refractivity contribution is 7.78. The maximum absolute atomic E-state index is 12.7. The molecule has 1 aliphatic heterocycles. The third-order valence-corrected chi connectivity index (χ3v) is 6.50. The van der Waals surface area contributed by atoms with E-state index in [9.17, 15) is 14.7 Å². The lowest BCUT2D eigenvalue weighted by Gasteiger charge is -2.47. The van der Waals surface area contributed by atoms with Crippen LogP contribution in [-0.2, 0) is 19.7 Å². The smallest absolute Gasteiger partial charge is 0.315 e. The highest BCUT2D eigenvalue weighted by atomic mass is 32.1. The van der Waals surface area contributed by atoms with Gasteiger partial charge in [0, 0.05) is 36.7 Å². The van der Waals surface area contributed by atoms with E-state index in [1.807, 2.05) is 19.9 Å². The lowest BCUT2D eigenvalue weighted by molar-refractivity contribution is -0.149. The Morgan fingerprint density at radius 1 is 1.43 bits per heavy atom. The molecule has 1 fully saturated rings. The van der Waals surface area contributed by atoms with Crippen LogP contribution in [0.4, 0.5) is 0 Å². The molecular formula is C23H29NO5S. The van der Waals surface area contributed by atoms with E-state index in [1.54, 1.807) is 19.9 Å². The second-order valence-electron chi connectivity index (χ2n) is 9.19. The van der Waals surface area contributed by atoms with Crippen molar-refractivity contribution in [2.24, 2.45) is 10.9 Å². The first-order valence-electron chi connectivity index (χ1n) is 10.4. The predicted molar refractivity (Wildman–Crippen MR) is 116 cm³/mol. The number of fused-ring (bicyclic) bond motifs is 3. The molecule has 1 aromatic rings. The van der Waals surface area contributed by atoms with Crippen LogP contribution in [0.2, 0.25) is 0 Å². The van der Waals surface area contributed by atoms with Crippen molar-refractivity contribution in [3.63, 3.8) is 0 Å². The van der Waals surface area contributed by atoms with Gasteiger partial charge in [0.25, 0.3) is 0 Å². The number of aliphatic imine (C=N–C) groups is 1. The Morgan fingerprint density at radius 2 is 2.17 bits per heavy atom. The van der Waals surface area contributed by atoms with Crippen LogP contribution >= 0.6 is 12.2 Å². The summed E-state index contributed by atoms with van der Waals surface area (Å²) in [7, 11) is 0. The van der Waals surface area contributed by atoms with Crippen LogP contribution in [0.25, 0.3) is 0 Å². The molecular weight excluding hydrogens is 402 g/mol. The molecule has 2 atom stereocenters. The van der Waals surface area contributed by atoms with Crippen LogP contribution in [0, 0.1) is 5.92 Å². The molecule has 7 heteroatoms. The number of phenols is 1. The number of esters is 1. The van der Waals surface area contributed by atoms with E-state index in [-0.39, 0.29) is 30.0 Å². The minimum absolute atomic E-state index is 0.0684. The second-order valence-corrected chi connectivity index (χ2v) is 9.38. The molecule has 1 N–H and O–H groups in total. The largest absolute Gasteiger partial charge is 0.508 e. The summed E-state index contributed by atoms with van der Waals surface area (Å²) < 4.78 is 11.7. The average molecular weight is 432 g/mol. The van der Waals surface area contributed by atoms with Gasteiger partial charge in [0.05, 0.1) is 23.7 Å². The van der Waals surface area contributed by atoms with Crippen LogP contribution in [0.1, 0.15) is 70.4 Å². The first-order valence-corrected chi connectivity index (χ1v) is 10.8. The summed E-state index contributed by atoms with van der Waals surface area (Å²) >= 11 is 4.52. The van der Waals surface area contributed by atoms with Crippen molar-refractivity contribution in [2.45, 2.75) is 70.3 Å². The quantitative estimate of drug-likeness (QED) is 0.312. The Morgan fingerprint density at radius 3 is 2.87 bits per heavy atom. The zero-order valence-electron chi connectivity index (χ0n) is 18.0. The van der Waals surface area contributed by atoms with E-state index in [0.717, 1.165) is 6.42 Å². The summed E-state index contributed by atoms with van der Waals surface area (Å²) in [4.78, 5) is 28.7. The lowest BCUT2D eigenvalue weighted by Crippen LogP contribution is -2.47. The van der Waals surface area contributed by atoms with Gasteiger partial charge < -0.3 is 14.6 Å². The number of carbonyl (C=O) groups is 2. The van der Waals surface area contributed by atoms with Gasteiger partial charge >= 0.3 is 5.97 Å². The van der Waals surface area contributed by atoms with Crippen molar-refractivity contribution in [3.05, 3.63) is 23.3 Å². The minimum atomic E-state index is -0.980. The van der Waals surface area contributed by atoms with Crippen molar-refractivity contribution in [1.82, 2.24) is 0 Å². The summed E-state index contributed by atoms with van der Waals surface area (Å²) in [5, 5.41) is 13.2. The summed E-state index contributed by atoms with van der Waals surface area (Å²) in [5.41, 5.74) is -0.154. The Bertz CT molecular complexity index is 901. The van der Waals surface area contributed by atoms with Crippen LogP contribution < -0.4 is 4.74 Å². The number of hydrogen-bond donors (Lipinski definition) is 1. The fraction of sp³-hybridized carbons (Fsp3) is 0.609. The normalized spacial score (nSPS) is 22.2. The number of aromatic hydroxyl groups is 1. The maximum atomic E-state index is 12.7. The van der Waals surface area contributed by atoms with Gasteiger partial charge in [0.15, 0.2) is 0 Å². The van der Waals surface area contributed by atoms with Crippen LogP contribution in [0.5, 0.6) is 11.5 Å². The van der Waals surface area contributed by atoms with E-state index in [4.69, 9.17) is 9.47 Å². The van der Waals surface area contributed by atoms with Crippen molar-refractivity contribution in [1.29, 1.82) is 0 Å². The number of thiocarbonyl (C=S) groups is 1. The van der Waals surface area contributed by atoms with Crippen LogP contribution in [0.15, 0.2) is 17.1 Å². The van der Waals surface area contributed by atoms with E-state index in [1.165, 1.54) is 0 Å². The Labute approximate surface area is 182 Å². The van der Waals surface area contributed by atoms with E-state index in [2.05, 4.69) is 22.4 Å². The molecule has 2 aliphatic rings. The van der Waals surface area contributed by atoms with Gasteiger partial charge in [-0.3, -0.25) is 9.59 Å². The number of nitrogens with zero attached hydrogens (tertiary/aromatic N) is 1. The Balaban J connectivity index is 1.88. The van der Waals surface area contributed by atoms with Gasteiger partial charge in [-0.2, -0.15) is 0 Å². The van der Waals surface area contributed by atoms with Crippen molar-refractivity contribution >= 4 is 29.1 Å². The monoisotopic (exact) mass is 431 g/mol.